The minimum Gasteiger partial charge on any atom is -0.493 e. The summed E-state index contributed by atoms with van der Waals surface area (Å²) in [7, 11) is 3.20. The van der Waals surface area contributed by atoms with Gasteiger partial charge in [-0.3, -0.25) is 19.2 Å². The van der Waals surface area contributed by atoms with Crippen LogP contribution in [0.2, 0.25) is 0 Å². The van der Waals surface area contributed by atoms with E-state index < -0.39 is 22.8 Å². The number of rotatable bonds is 10. The maximum atomic E-state index is 15.2. The van der Waals surface area contributed by atoms with Gasteiger partial charge in [0.1, 0.15) is 6.10 Å². The summed E-state index contributed by atoms with van der Waals surface area (Å²) in [5.74, 6) is 1.98. The molecule has 7 rings (SSSR count). The molecule has 0 unspecified atom stereocenters. The van der Waals surface area contributed by atoms with Gasteiger partial charge in [-0.15, -0.1) is 0 Å². The zero-order chi connectivity index (χ0) is 44.5. The number of piperazine rings is 1. The summed E-state index contributed by atoms with van der Waals surface area (Å²) in [4.78, 5) is 57.5. The molecule has 1 N–H and O–H groups in total. The fourth-order valence-electron chi connectivity index (χ4n) is 15.0. The van der Waals surface area contributed by atoms with Crippen molar-refractivity contribution in [1.82, 2.24) is 9.80 Å². The Kier molecular flexibility index (Phi) is 11.9. The number of fused-ring (bicyclic) bond motifs is 7. The van der Waals surface area contributed by atoms with E-state index in [1.54, 1.807) is 40.2 Å². The molecule has 0 spiro atoms. The van der Waals surface area contributed by atoms with Gasteiger partial charge in [-0.05, 0) is 155 Å². The molecule has 5 saturated carbocycles. The topological polar surface area (TPSA) is 123 Å². The number of benzene rings is 1. The Hall–Kier alpha value is -3.82. The van der Waals surface area contributed by atoms with E-state index in [4.69, 9.17) is 14.2 Å². The van der Waals surface area contributed by atoms with Gasteiger partial charge in [0.2, 0.25) is 11.8 Å². The molecule has 336 valence electrons. The average molecular weight is 843 g/mol. The van der Waals surface area contributed by atoms with E-state index >= 15 is 4.79 Å². The molecule has 1 heterocycles. The molecule has 5 aliphatic carbocycles. The van der Waals surface area contributed by atoms with Crippen LogP contribution < -0.4 is 9.47 Å². The monoisotopic (exact) mass is 843 g/mol. The lowest BCUT2D eigenvalue weighted by Gasteiger charge is -2.73. The normalized spacial score (nSPS) is 36.8. The van der Waals surface area contributed by atoms with E-state index in [2.05, 4.69) is 53.0 Å². The van der Waals surface area contributed by atoms with Crippen LogP contribution in [-0.4, -0.2) is 85.2 Å². The van der Waals surface area contributed by atoms with Crippen molar-refractivity contribution >= 4 is 29.8 Å². The van der Waals surface area contributed by atoms with Crippen LogP contribution in [0, 0.1) is 62.1 Å². The smallest absolute Gasteiger partial charge is 0.309 e. The predicted molar refractivity (Wildman–Crippen MR) is 237 cm³/mol. The number of methoxy groups -OCH3 is 2. The van der Waals surface area contributed by atoms with Crippen molar-refractivity contribution in [3.8, 4) is 11.5 Å². The third-order valence-electron chi connectivity index (χ3n) is 18.6. The molecular formula is C51H74N2O8. The standard InChI is InChI=1S/C51H74N2O8/c1-32(2)34-18-23-51(44(56)53-28-26-52(27-29-53)41(54)17-13-33-12-15-36(59-10)37(30-33)60-11)25-24-49(8)35(43(34)51)14-16-39-48(7)21-20-40(61-42(55)31-46(3,4)45(57)58)47(5,6)38(48)19-22-50(39,49)9/h12-13,15,17,30,34-35,38-40,43H,1,14,16,18-29,31H2,2-11H3,(H,57,58)/b17-13+/t34-,35+,38-,39+,40-,43+,48-,49+,50+,51-/m0/s1. The number of esters is 1. The van der Waals surface area contributed by atoms with E-state index in [9.17, 15) is 19.5 Å². The van der Waals surface area contributed by atoms with E-state index in [0.717, 1.165) is 69.8 Å². The lowest BCUT2D eigenvalue weighted by atomic mass is 9.32. The van der Waals surface area contributed by atoms with Crippen molar-refractivity contribution in [3.05, 3.63) is 42.0 Å². The molecule has 1 aromatic carbocycles. The van der Waals surface area contributed by atoms with Crippen molar-refractivity contribution in [2.45, 2.75) is 132 Å². The molecule has 1 saturated heterocycles. The fourth-order valence-corrected chi connectivity index (χ4v) is 15.0. The zero-order valence-electron chi connectivity index (χ0n) is 38.9. The van der Waals surface area contributed by atoms with Gasteiger partial charge in [-0.2, -0.15) is 0 Å². The SMILES string of the molecule is C=C(C)[C@@H]1CC[C@]2(C(=O)N3CCN(C(=O)/C=C/c4ccc(OC)c(OC)c4)CC3)CC[C@]3(C)[C@H](CC[C@@H]4[C@@]5(C)CC[C@H](OC(=O)CC(C)(C)C(=O)O)C(C)(C)[C@@H]5CC[C@]43C)[C@@H]12. The fraction of sp³-hybridized carbons (Fsp3) is 0.725. The number of carboxylic acid groups (broad SMARTS) is 1. The van der Waals surface area contributed by atoms with Crippen molar-refractivity contribution in [3.63, 3.8) is 0 Å². The second-order valence-corrected chi connectivity index (χ2v) is 22.1. The summed E-state index contributed by atoms with van der Waals surface area (Å²) in [5.41, 5.74) is 0.490. The predicted octanol–water partition coefficient (Wildman–Crippen LogP) is 9.46. The van der Waals surface area contributed by atoms with E-state index in [1.807, 2.05) is 23.1 Å². The Bertz CT molecular complexity index is 1950. The first-order chi connectivity index (χ1) is 28.6. The van der Waals surface area contributed by atoms with Gasteiger partial charge in [0.25, 0.3) is 0 Å². The first-order valence-corrected chi connectivity index (χ1v) is 23.2. The molecule has 2 amide bonds. The molecule has 1 aromatic rings. The molecule has 6 aliphatic rings. The molecule has 0 aromatic heterocycles. The highest BCUT2D eigenvalue weighted by atomic mass is 16.5. The number of ether oxygens (including phenoxy) is 3. The molecule has 10 heteroatoms. The Balaban J connectivity index is 1.06. The maximum absolute atomic E-state index is 15.2. The van der Waals surface area contributed by atoms with Gasteiger partial charge in [0.15, 0.2) is 11.5 Å². The Morgan fingerprint density at radius 2 is 1.49 bits per heavy atom. The highest BCUT2D eigenvalue weighted by Crippen LogP contribution is 2.77. The molecular weight excluding hydrogens is 769 g/mol. The third-order valence-corrected chi connectivity index (χ3v) is 18.6. The molecule has 61 heavy (non-hydrogen) atoms. The summed E-state index contributed by atoms with van der Waals surface area (Å²) < 4.78 is 17.0. The number of carboxylic acids is 1. The number of hydrogen-bond donors (Lipinski definition) is 1. The maximum Gasteiger partial charge on any atom is 0.309 e. The number of aliphatic carboxylic acids is 1. The first-order valence-electron chi connectivity index (χ1n) is 23.2. The summed E-state index contributed by atoms with van der Waals surface area (Å²) >= 11 is 0. The highest BCUT2D eigenvalue weighted by Gasteiger charge is 2.72. The van der Waals surface area contributed by atoms with Crippen molar-refractivity contribution < 1.29 is 38.5 Å². The highest BCUT2D eigenvalue weighted by molar-refractivity contribution is 5.92. The number of hydrogen-bond acceptors (Lipinski definition) is 7. The third kappa shape index (κ3) is 7.31. The van der Waals surface area contributed by atoms with Gasteiger partial charge in [0.05, 0.1) is 31.5 Å². The Morgan fingerprint density at radius 1 is 0.820 bits per heavy atom. The van der Waals surface area contributed by atoms with Crippen molar-refractivity contribution in [1.29, 1.82) is 0 Å². The Morgan fingerprint density at radius 3 is 2.13 bits per heavy atom. The van der Waals surface area contributed by atoms with Crippen LogP contribution in [0.3, 0.4) is 0 Å². The summed E-state index contributed by atoms with van der Waals surface area (Å²) in [5, 5.41) is 9.66. The molecule has 1 aliphatic heterocycles. The number of allylic oxidation sites excluding steroid dienone is 1. The number of amides is 2. The second kappa shape index (κ2) is 16.1. The largest absolute Gasteiger partial charge is 0.493 e. The van der Waals surface area contributed by atoms with Gasteiger partial charge in [-0.1, -0.05) is 52.8 Å². The van der Waals surface area contributed by atoms with Crippen LogP contribution >= 0.6 is 0 Å². The van der Waals surface area contributed by atoms with E-state index in [-0.39, 0.29) is 46.0 Å². The minimum atomic E-state index is -1.17. The van der Waals surface area contributed by atoms with Crippen molar-refractivity contribution in [2.75, 3.05) is 40.4 Å². The average Bonchev–Trinajstić information content (AvgIpc) is 3.62. The van der Waals surface area contributed by atoms with Crippen LogP contribution in [0.5, 0.6) is 11.5 Å². The van der Waals surface area contributed by atoms with Crippen LogP contribution in [-0.2, 0) is 23.9 Å². The quantitative estimate of drug-likeness (QED) is 0.141. The first kappa shape index (κ1) is 45.2. The van der Waals surface area contributed by atoms with Gasteiger partial charge in [-0.25, -0.2) is 0 Å². The molecule has 10 nitrogen and oxygen atoms in total. The summed E-state index contributed by atoms with van der Waals surface area (Å²) in [6, 6.07) is 5.58. The van der Waals surface area contributed by atoms with E-state index in [0.29, 0.717) is 67.3 Å². The Labute approximate surface area is 365 Å². The lowest BCUT2D eigenvalue weighted by Crippen LogP contribution is -2.68. The number of nitrogens with zero attached hydrogens (tertiary/aromatic N) is 2. The van der Waals surface area contributed by atoms with Crippen LogP contribution in [0.25, 0.3) is 6.08 Å². The second-order valence-electron chi connectivity index (χ2n) is 22.1. The molecule has 0 bridgehead atoms. The van der Waals surface area contributed by atoms with Gasteiger partial charge in [0, 0.05) is 37.7 Å². The summed E-state index contributed by atoms with van der Waals surface area (Å²) in [6.07, 6.45) is 13.1. The zero-order valence-corrected chi connectivity index (χ0v) is 38.9. The van der Waals surface area contributed by atoms with Crippen LogP contribution in [0.4, 0.5) is 0 Å². The lowest BCUT2D eigenvalue weighted by molar-refractivity contribution is -0.250. The van der Waals surface area contributed by atoms with Crippen LogP contribution in [0.1, 0.15) is 132 Å². The van der Waals surface area contributed by atoms with E-state index in [1.165, 1.54) is 5.57 Å². The molecule has 6 fully saturated rings. The molecule has 0 radical (unpaired) electrons. The summed E-state index contributed by atoms with van der Waals surface area (Å²) in [6.45, 7) is 24.4. The van der Waals surface area contributed by atoms with Crippen molar-refractivity contribution in [2.24, 2.45) is 62.1 Å². The molecule has 10 atom stereocenters. The number of carbonyl (C=O) groups excluding carboxylic acids is 3. The van der Waals surface area contributed by atoms with Gasteiger partial charge >= 0.3 is 11.9 Å². The van der Waals surface area contributed by atoms with Crippen LogP contribution in [0.15, 0.2) is 36.4 Å². The van der Waals surface area contributed by atoms with Gasteiger partial charge < -0.3 is 29.1 Å². The minimum absolute atomic E-state index is 0.0549. The number of carbonyl (C=O) groups is 4.